The molecule has 0 saturated carbocycles. The summed E-state index contributed by atoms with van der Waals surface area (Å²) in [5.74, 6) is -1.85. The maximum Gasteiger partial charge on any atom is 0.408 e. The van der Waals surface area contributed by atoms with Gasteiger partial charge in [-0.2, -0.15) is 0 Å². The van der Waals surface area contributed by atoms with Crippen molar-refractivity contribution in [3.05, 3.63) is 71.8 Å². The molecule has 0 aromatic heterocycles. The molecular formula is C49H76N6O14. The number of ether oxygens (including phenoxy) is 7. The minimum atomic E-state index is -1.04. The molecule has 0 unspecified atom stereocenters. The van der Waals surface area contributed by atoms with E-state index in [4.69, 9.17) is 33.2 Å². The Kier molecular flexibility index (Phi) is 30.9. The molecule has 0 saturated heterocycles. The fraction of sp³-hybridized carbons (Fsp3) is 0.612. The molecule has 0 aliphatic rings. The third-order valence-electron chi connectivity index (χ3n) is 10.1. The zero-order valence-electron chi connectivity index (χ0n) is 41.1. The van der Waals surface area contributed by atoms with Crippen molar-refractivity contribution >= 4 is 42.0 Å². The van der Waals surface area contributed by atoms with Crippen molar-refractivity contribution in [3.8, 4) is 0 Å². The number of hydrogen-bond acceptors (Lipinski definition) is 15. The summed E-state index contributed by atoms with van der Waals surface area (Å²) in [7, 11) is 2.42. The highest BCUT2D eigenvalue weighted by Gasteiger charge is 2.25. The lowest BCUT2D eigenvalue weighted by Gasteiger charge is -2.22. The van der Waals surface area contributed by atoms with Gasteiger partial charge in [-0.05, 0) is 83.5 Å². The highest BCUT2D eigenvalue weighted by atomic mass is 16.6. The lowest BCUT2D eigenvalue weighted by Crippen LogP contribution is -2.42. The van der Waals surface area contributed by atoms with Crippen LogP contribution in [0.15, 0.2) is 60.7 Å². The van der Waals surface area contributed by atoms with Crippen LogP contribution in [0.4, 0.5) is 14.4 Å². The van der Waals surface area contributed by atoms with Gasteiger partial charge >= 0.3 is 30.2 Å². The van der Waals surface area contributed by atoms with Crippen molar-refractivity contribution in [1.29, 1.82) is 0 Å². The number of benzene rings is 2. The molecule has 0 aliphatic carbocycles. The summed E-state index contributed by atoms with van der Waals surface area (Å²) in [6, 6.07) is 16.1. The van der Waals surface area contributed by atoms with E-state index in [1.165, 1.54) is 14.2 Å². The molecule has 0 radical (unpaired) electrons. The monoisotopic (exact) mass is 973 g/mol. The first-order valence-corrected chi connectivity index (χ1v) is 23.7. The summed E-state index contributed by atoms with van der Waals surface area (Å²) in [4.78, 5) is 88.6. The average Bonchev–Trinajstić information content (AvgIpc) is 3.33. The van der Waals surface area contributed by atoms with Crippen molar-refractivity contribution in [2.45, 2.75) is 116 Å². The smallest absolute Gasteiger partial charge is 0.408 e. The van der Waals surface area contributed by atoms with Crippen LogP contribution in [0, 0.1) is 0 Å². The van der Waals surface area contributed by atoms with Crippen LogP contribution in [-0.4, -0.2) is 145 Å². The number of hydrogen-bond donors (Lipinski definition) is 5. The van der Waals surface area contributed by atoms with E-state index in [1.54, 1.807) is 20.8 Å². The van der Waals surface area contributed by atoms with Crippen LogP contribution >= 0.6 is 0 Å². The van der Waals surface area contributed by atoms with Crippen molar-refractivity contribution in [2.75, 3.05) is 79.9 Å². The minimum Gasteiger partial charge on any atom is -0.467 e. The van der Waals surface area contributed by atoms with Crippen LogP contribution in [0.5, 0.6) is 0 Å². The first-order chi connectivity index (χ1) is 33.2. The number of nitrogens with zero attached hydrogens (tertiary/aromatic N) is 1. The second kappa shape index (κ2) is 36.1. The maximum atomic E-state index is 12.6. The number of esters is 2. The molecule has 5 amide bonds. The van der Waals surface area contributed by atoms with Gasteiger partial charge in [0.25, 0.3) is 0 Å². The predicted molar refractivity (Wildman–Crippen MR) is 256 cm³/mol. The third-order valence-corrected chi connectivity index (χ3v) is 10.1. The highest BCUT2D eigenvalue weighted by Crippen LogP contribution is 2.09. The predicted octanol–water partition coefficient (Wildman–Crippen LogP) is 4.92. The number of nitrogens with one attached hydrogen (secondary N) is 5. The summed E-state index contributed by atoms with van der Waals surface area (Å²) >= 11 is 0. The Labute approximate surface area is 406 Å². The zero-order chi connectivity index (χ0) is 50.5. The second-order valence-corrected chi connectivity index (χ2v) is 17.0. The lowest BCUT2D eigenvalue weighted by atomic mass is 10.1. The fourth-order valence-electron chi connectivity index (χ4n) is 6.44. The second-order valence-electron chi connectivity index (χ2n) is 17.0. The van der Waals surface area contributed by atoms with Gasteiger partial charge in [-0.1, -0.05) is 73.5 Å². The average molecular weight is 973 g/mol. The Morgan fingerprint density at radius 1 is 0.522 bits per heavy atom. The highest BCUT2D eigenvalue weighted by molar-refractivity contribution is 5.83. The van der Waals surface area contributed by atoms with E-state index in [-0.39, 0.29) is 50.7 Å². The normalized spacial score (nSPS) is 11.9. The van der Waals surface area contributed by atoms with Gasteiger partial charge in [0.05, 0.1) is 40.6 Å². The minimum absolute atomic E-state index is 0.00541. The molecule has 386 valence electrons. The molecule has 5 N–H and O–H groups in total. The molecule has 20 heteroatoms. The molecule has 20 nitrogen and oxygen atoms in total. The van der Waals surface area contributed by atoms with Crippen molar-refractivity contribution in [2.24, 2.45) is 0 Å². The molecular weight excluding hydrogens is 897 g/mol. The van der Waals surface area contributed by atoms with Gasteiger partial charge in [-0.3, -0.25) is 9.59 Å². The molecule has 0 spiro atoms. The van der Waals surface area contributed by atoms with Gasteiger partial charge in [0.1, 0.15) is 30.9 Å². The SMILES string of the molecule is COC(=O)[C@H](CCC(=O)NCCCCCN(CCCCCNC(=O)CC[C@@H](NC(=O)OCc1ccccc1)C(=O)OC)CCOCCOCCNC(=O)OC(C)(C)C)NC(=O)OCc1ccccc1. The van der Waals surface area contributed by atoms with Crippen LogP contribution in [0.25, 0.3) is 0 Å². The number of rotatable bonds is 35. The van der Waals surface area contributed by atoms with Gasteiger partial charge in [0.15, 0.2) is 0 Å². The Bertz CT molecular complexity index is 1680. The molecule has 2 atom stereocenters. The molecule has 0 heterocycles. The summed E-state index contributed by atoms with van der Waals surface area (Å²) in [6.07, 6.45) is 3.00. The first kappa shape index (κ1) is 59.1. The Morgan fingerprint density at radius 2 is 0.971 bits per heavy atom. The zero-order valence-corrected chi connectivity index (χ0v) is 41.1. The van der Waals surface area contributed by atoms with E-state index in [0.29, 0.717) is 52.6 Å². The van der Waals surface area contributed by atoms with E-state index < -0.39 is 47.9 Å². The van der Waals surface area contributed by atoms with Crippen LogP contribution in [-0.2, 0) is 65.5 Å². The van der Waals surface area contributed by atoms with E-state index >= 15 is 0 Å². The van der Waals surface area contributed by atoms with Crippen molar-refractivity contribution < 1.29 is 66.7 Å². The number of carbonyl (C=O) groups is 7. The number of methoxy groups -OCH3 is 2. The number of amides is 5. The summed E-state index contributed by atoms with van der Waals surface area (Å²) in [6.45, 7) is 10.6. The van der Waals surface area contributed by atoms with Gasteiger partial charge in [0, 0.05) is 39.0 Å². The van der Waals surface area contributed by atoms with Gasteiger partial charge in [-0.25, -0.2) is 24.0 Å². The Balaban J connectivity index is 1.72. The van der Waals surface area contributed by atoms with E-state index in [9.17, 15) is 33.6 Å². The topological polar surface area (TPSA) is 247 Å². The molecule has 0 fully saturated rings. The quantitative estimate of drug-likeness (QED) is 0.0350. The lowest BCUT2D eigenvalue weighted by molar-refractivity contribution is -0.144. The maximum absolute atomic E-state index is 12.6. The molecule has 0 bridgehead atoms. The third kappa shape index (κ3) is 30.9. The summed E-state index contributed by atoms with van der Waals surface area (Å²) in [5.41, 5.74) is 1.01. The van der Waals surface area contributed by atoms with E-state index in [2.05, 4.69) is 31.5 Å². The van der Waals surface area contributed by atoms with E-state index in [1.807, 2.05) is 60.7 Å². The summed E-state index contributed by atoms with van der Waals surface area (Å²) < 4.78 is 36.7. The molecule has 2 aromatic rings. The Hall–Kier alpha value is -5.99. The fourth-order valence-corrected chi connectivity index (χ4v) is 6.44. The molecule has 0 aliphatic heterocycles. The molecule has 2 rings (SSSR count). The van der Waals surface area contributed by atoms with Crippen molar-refractivity contribution in [3.63, 3.8) is 0 Å². The number of carbonyl (C=O) groups excluding carboxylic acids is 7. The molecule has 69 heavy (non-hydrogen) atoms. The number of unbranched alkanes of at least 4 members (excludes halogenated alkanes) is 4. The van der Waals surface area contributed by atoms with Gasteiger partial charge < -0.3 is 64.6 Å². The largest absolute Gasteiger partial charge is 0.467 e. The molecule has 2 aromatic carbocycles. The standard InChI is InChI=1S/C49H76N6O14/c1-49(2,3)69-46(60)52-28-32-65-34-35-66-33-31-55(29-16-8-14-26-50-42(56)24-22-40(44(58)63-4)53-47(61)67-36-38-18-10-6-11-19-38)30-17-9-15-27-51-43(57)25-23-41(45(59)64-5)54-48(62)68-37-39-20-12-7-13-21-39/h6-7,10-13,18-21,40-41H,8-9,14-17,22-37H2,1-5H3,(H,50,56)(H,51,57)(H,52,60)(H,53,61)(H,54,62)/t40-,41+. The van der Waals surface area contributed by atoms with Crippen LogP contribution in [0.2, 0.25) is 0 Å². The summed E-state index contributed by atoms with van der Waals surface area (Å²) in [5, 5.41) is 13.4. The van der Waals surface area contributed by atoms with Crippen molar-refractivity contribution in [1.82, 2.24) is 31.5 Å². The van der Waals surface area contributed by atoms with Gasteiger partial charge in [-0.15, -0.1) is 0 Å². The van der Waals surface area contributed by atoms with Crippen LogP contribution in [0.3, 0.4) is 0 Å². The van der Waals surface area contributed by atoms with Gasteiger partial charge in [0.2, 0.25) is 11.8 Å². The Morgan fingerprint density at radius 3 is 1.41 bits per heavy atom. The van der Waals surface area contributed by atoms with E-state index in [0.717, 1.165) is 62.7 Å². The van der Waals surface area contributed by atoms with Crippen LogP contribution in [0.1, 0.15) is 96.1 Å². The number of alkyl carbamates (subject to hydrolysis) is 3. The van der Waals surface area contributed by atoms with Crippen LogP contribution < -0.4 is 26.6 Å². The first-order valence-electron chi connectivity index (χ1n) is 23.7.